The van der Waals surface area contributed by atoms with E-state index in [9.17, 15) is 14.0 Å². The molecule has 0 aliphatic heterocycles. The van der Waals surface area contributed by atoms with Crippen molar-refractivity contribution in [2.45, 2.75) is 13.8 Å². The van der Waals surface area contributed by atoms with Gasteiger partial charge in [0.1, 0.15) is 5.82 Å². The molecule has 22 heavy (non-hydrogen) atoms. The van der Waals surface area contributed by atoms with E-state index in [-0.39, 0.29) is 11.6 Å². The van der Waals surface area contributed by atoms with E-state index in [1.54, 1.807) is 24.3 Å². The van der Waals surface area contributed by atoms with Crippen LogP contribution in [0.2, 0.25) is 0 Å². The zero-order valence-electron chi connectivity index (χ0n) is 12.0. The van der Waals surface area contributed by atoms with Crippen LogP contribution in [0.4, 0.5) is 15.8 Å². The molecule has 0 heterocycles. The molecule has 6 heteroatoms. The Balaban J connectivity index is 2.24. The van der Waals surface area contributed by atoms with Crippen LogP contribution in [0.25, 0.3) is 0 Å². The number of rotatable bonds is 3. The Hall–Kier alpha value is -2.21. The maximum absolute atomic E-state index is 13.7. The van der Waals surface area contributed by atoms with Gasteiger partial charge in [0.05, 0.1) is 5.69 Å². The SMILES string of the molecule is CC(=O)Nc1cc(C(=O)Nc2ccc(Br)cc2F)ccc1C. The van der Waals surface area contributed by atoms with Gasteiger partial charge in [-0.1, -0.05) is 22.0 Å². The summed E-state index contributed by atoms with van der Waals surface area (Å²) in [6.07, 6.45) is 0. The molecule has 0 bridgehead atoms. The average molecular weight is 365 g/mol. The molecule has 2 rings (SSSR count). The van der Waals surface area contributed by atoms with Crippen LogP contribution >= 0.6 is 15.9 Å². The number of hydrogen-bond acceptors (Lipinski definition) is 2. The summed E-state index contributed by atoms with van der Waals surface area (Å²) in [4.78, 5) is 23.3. The van der Waals surface area contributed by atoms with E-state index >= 15 is 0 Å². The molecule has 0 unspecified atom stereocenters. The van der Waals surface area contributed by atoms with Crippen molar-refractivity contribution >= 4 is 39.1 Å². The Morgan fingerprint density at radius 1 is 1.05 bits per heavy atom. The van der Waals surface area contributed by atoms with Crippen LogP contribution in [0.15, 0.2) is 40.9 Å². The predicted molar refractivity (Wildman–Crippen MR) is 87.5 cm³/mol. The Morgan fingerprint density at radius 2 is 1.77 bits per heavy atom. The van der Waals surface area contributed by atoms with Crippen molar-refractivity contribution in [2.24, 2.45) is 0 Å². The number of aryl methyl sites for hydroxylation is 1. The van der Waals surface area contributed by atoms with Crippen molar-refractivity contribution in [1.82, 2.24) is 0 Å². The van der Waals surface area contributed by atoms with Gasteiger partial charge < -0.3 is 10.6 Å². The van der Waals surface area contributed by atoms with E-state index in [1.807, 2.05) is 6.92 Å². The van der Waals surface area contributed by atoms with Crippen LogP contribution in [0.3, 0.4) is 0 Å². The van der Waals surface area contributed by atoms with Crippen LogP contribution in [-0.2, 0) is 4.79 Å². The summed E-state index contributed by atoms with van der Waals surface area (Å²) >= 11 is 3.15. The van der Waals surface area contributed by atoms with Gasteiger partial charge in [-0.05, 0) is 42.8 Å². The summed E-state index contributed by atoms with van der Waals surface area (Å²) in [5, 5.41) is 5.16. The first kappa shape index (κ1) is 16.2. The van der Waals surface area contributed by atoms with E-state index in [2.05, 4.69) is 26.6 Å². The standard InChI is InChI=1S/C16H14BrFN2O2/c1-9-3-4-11(7-15(9)19-10(2)21)16(22)20-14-6-5-12(17)8-13(14)18/h3-8H,1-2H3,(H,19,21)(H,20,22). The van der Waals surface area contributed by atoms with Gasteiger partial charge in [0.15, 0.2) is 0 Å². The first-order chi connectivity index (χ1) is 10.4. The average Bonchev–Trinajstić information content (AvgIpc) is 2.43. The third kappa shape index (κ3) is 3.92. The second-order valence-electron chi connectivity index (χ2n) is 4.79. The highest BCUT2D eigenvalue weighted by Crippen LogP contribution is 2.21. The highest BCUT2D eigenvalue weighted by Gasteiger charge is 2.11. The fourth-order valence-corrected chi connectivity index (χ4v) is 2.21. The summed E-state index contributed by atoms with van der Waals surface area (Å²) in [6.45, 7) is 3.21. The third-order valence-electron chi connectivity index (χ3n) is 2.99. The number of carbonyl (C=O) groups excluding carboxylic acids is 2. The van der Waals surface area contributed by atoms with Gasteiger partial charge in [-0.25, -0.2) is 4.39 Å². The number of nitrogens with one attached hydrogen (secondary N) is 2. The van der Waals surface area contributed by atoms with Crippen molar-refractivity contribution in [2.75, 3.05) is 10.6 Å². The van der Waals surface area contributed by atoms with Gasteiger partial charge in [-0.15, -0.1) is 0 Å². The van der Waals surface area contributed by atoms with E-state index < -0.39 is 11.7 Å². The molecule has 4 nitrogen and oxygen atoms in total. The number of halogens is 2. The maximum atomic E-state index is 13.7. The predicted octanol–water partition coefficient (Wildman–Crippen LogP) is 4.11. The molecular formula is C16H14BrFN2O2. The lowest BCUT2D eigenvalue weighted by molar-refractivity contribution is -0.114. The molecule has 0 aliphatic carbocycles. The van der Waals surface area contributed by atoms with E-state index in [1.165, 1.54) is 19.1 Å². The number of amides is 2. The highest BCUT2D eigenvalue weighted by atomic mass is 79.9. The van der Waals surface area contributed by atoms with Crippen molar-refractivity contribution < 1.29 is 14.0 Å². The summed E-state index contributed by atoms with van der Waals surface area (Å²) < 4.78 is 14.3. The van der Waals surface area contributed by atoms with Crippen LogP contribution in [-0.4, -0.2) is 11.8 Å². The summed E-state index contributed by atoms with van der Waals surface area (Å²) in [5.74, 6) is -1.20. The molecule has 0 saturated carbocycles. The van der Waals surface area contributed by atoms with Gasteiger partial charge >= 0.3 is 0 Å². The second-order valence-corrected chi connectivity index (χ2v) is 5.70. The minimum atomic E-state index is -0.531. The fourth-order valence-electron chi connectivity index (χ4n) is 1.87. The minimum absolute atomic E-state index is 0.0925. The van der Waals surface area contributed by atoms with Gasteiger partial charge in [-0.3, -0.25) is 9.59 Å². The lowest BCUT2D eigenvalue weighted by Gasteiger charge is -2.10. The van der Waals surface area contributed by atoms with E-state index in [4.69, 9.17) is 0 Å². The van der Waals surface area contributed by atoms with Gasteiger partial charge in [0.2, 0.25) is 5.91 Å². The van der Waals surface area contributed by atoms with Crippen LogP contribution in [0.1, 0.15) is 22.8 Å². The molecule has 0 aromatic heterocycles. The lowest BCUT2D eigenvalue weighted by atomic mass is 10.1. The molecule has 2 N–H and O–H groups in total. The molecule has 2 aromatic rings. The minimum Gasteiger partial charge on any atom is -0.326 e. The number of carbonyl (C=O) groups is 2. The molecule has 2 aromatic carbocycles. The maximum Gasteiger partial charge on any atom is 0.255 e. The molecule has 0 radical (unpaired) electrons. The first-order valence-electron chi connectivity index (χ1n) is 6.51. The van der Waals surface area contributed by atoms with Gasteiger partial charge in [0, 0.05) is 22.6 Å². The van der Waals surface area contributed by atoms with Crippen LogP contribution in [0, 0.1) is 12.7 Å². The van der Waals surface area contributed by atoms with Crippen molar-refractivity contribution in [1.29, 1.82) is 0 Å². The Labute approximate surface area is 135 Å². The van der Waals surface area contributed by atoms with Crippen LogP contribution < -0.4 is 10.6 Å². The van der Waals surface area contributed by atoms with Crippen molar-refractivity contribution in [3.63, 3.8) is 0 Å². The van der Waals surface area contributed by atoms with E-state index in [0.717, 1.165) is 5.56 Å². The Bertz CT molecular complexity index is 747. The number of anilines is 2. The Morgan fingerprint density at radius 3 is 2.41 bits per heavy atom. The summed E-state index contributed by atoms with van der Waals surface area (Å²) in [7, 11) is 0. The molecule has 0 atom stereocenters. The molecule has 2 amide bonds. The zero-order valence-corrected chi connectivity index (χ0v) is 13.6. The molecule has 0 saturated heterocycles. The largest absolute Gasteiger partial charge is 0.326 e. The van der Waals surface area contributed by atoms with Gasteiger partial charge in [-0.2, -0.15) is 0 Å². The zero-order chi connectivity index (χ0) is 16.3. The lowest BCUT2D eigenvalue weighted by Crippen LogP contribution is -2.14. The number of benzene rings is 2. The van der Waals surface area contributed by atoms with E-state index in [0.29, 0.717) is 15.7 Å². The van der Waals surface area contributed by atoms with Crippen LogP contribution in [0.5, 0.6) is 0 Å². The normalized spacial score (nSPS) is 10.2. The molecule has 0 fully saturated rings. The Kier molecular flexibility index (Phi) is 4.92. The third-order valence-corrected chi connectivity index (χ3v) is 3.48. The fraction of sp³-hybridized carbons (Fsp3) is 0.125. The molecule has 0 aliphatic rings. The molecular weight excluding hydrogens is 351 g/mol. The first-order valence-corrected chi connectivity index (χ1v) is 7.31. The topological polar surface area (TPSA) is 58.2 Å². The highest BCUT2D eigenvalue weighted by molar-refractivity contribution is 9.10. The summed E-state index contributed by atoms with van der Waals surface area (Å²) in [6, 6.07) is 9.28. The van der Waals surface area contributed by atoms with Gasteiger partial charge in [0.25, 0.3) is 5.91 Å². The second kappa shape index (κ2) is 6.70. The smallest absolute Gasteiger partial charge is 0.255 e. The van der Waals surface area contributed by atoms with Crippen molar-refractivity contribution in [3.8, 4) is 0 Å². The summed E-state index contributed by atoms with van der Waals surface area (Å²) in [5.41, 5.74) is 1.81. The monoisotopic (exact) mass is 364 g/mol. The molecule has 0 spiro atoms. The number of hydrogen-bond donors (Lipinski definition) is 2. The quantitative estimate of drug-likeness (QED) is 0.860. The molecule has 114 valence electrons. The van der Waals surface area contributed by atoms with Crippen molar-refractivity contribution in [3.05, 3.63) is 57.8 Å².